The molecule has 2 heterocycles. The molecule has 0 bridgehead atoms. The van der Waals surface area contributed by atoms with E-state index in [1.165, 1.54) is 39.0 Å². The van der Waals surface area contributed by atoms with Crippen LogP contribution in [0.5, 0.6) is 0 Å². The molecule has 0 amide bonds. The minimum Gasteiger partial charge on any atom is -0.372 e. The van der Waals surface area contributed by atoms with E-state index in [-0.39, 0.29) is 5.60 Å². The standard InChI is InChI=1S/C12H24N2O/c1-3-13-7-5-12(6-8-13)11-14(4-2)9-10-15-12/h3-11H2,1-2H3. The SMILES string of the molecule is CCN1CCC2(CC1)CN(CC)CCO2. The molecule has 2 saturated heterocycles. The fourth-order valence-electron chi connectivity index (χ4n) is 2.77. The number of rotatable bonds is 2. The molecule has 0 saturated carbocycles. The Morgan fingerprint density at radius 2 is 1.67 bits per heavy atom. The van der Waals surface area contributed by atoms with Crippen molar-refractivity contribution in [3.63, 3.8) is 0 Å². The lowest BCUT2D eigenvalue weighted by Gasteiger charge is -2.47. The van der Waals surface area contributed by atoms with E-state index in [1.54, 1.807) is 0 Å². The van der Waals surface area contributed by atoms with Crippen LogP contribution in [0.15, 0.2) is 0 Å². The molecule has 0 radical (unpaired) electrons. The van der Waals surface area contributed by atoms with E-state index in [0.717, 1.165) is 19.7 Å². The van der Waals surface area contributed by atoms with Gasteiger partial charge in [-0.3, -0.25) is 4.90 Å². The highest BCUT2D eigenvalue weighted by atomic mass is 16.5. The van der Waals surface area contributed by atoms with Crippen LogP contribution in [0, 0.1) is 0 Å². The van der Waals surface area contributed by atoms with Crippen LogP contribution in [0.3, 0.4) is 0 Å². The van der Waals surface area contributed by atoms with Crippen LogP contribution in [0.25, 0.3) is 0 Å². The van der Waals surface area contributed by atoms with Crippen molar-refractivity contribution in [1.29, 1.82) is 0 Å². The molecule has 3 nitrogen and oxygen atoms in total. The average Bonchev–Trinajstić information content (AvgIpc) is 2.30. The van der Waals surface area contributed by atoms with Crippen molar-refractivity contribution < 1.29 is 4.74 Å². The Morgan fingerprint density at radius 3 is 2.27 bits per heavy atom. The topological polar surface area (TPSA) is 15.7 Å². The molecule has 2 aliphatic rings. The fourth-order valence-corrected chi connectivity index (χ4v) is 2.77. The second-order valence-electron chi connectivity index (χ2n) is 4.83. The van der Waals surface area contributed by atoms with E-state index in [9.17, 15) is 0 Å². The third-order valence-electron chi connectivity index (χ3n) is 3.99. The second kappa shape index (κ2) is 4.81. The zero-order valence-corrected chi connectivity index (χ0v) is 10.2. The van der Waals surface area contributed by atoms with Gasteiger partial charge in [-0.15, -0.1) is 0 Å². The molecule has 2 rings (SSSR count). The highest BCUT2D eigenvalue weighted by molar-refractivity contribution is 4.92. The van der Waals surface area contributed by atoms with Gasteiger partial charge < -0.3 is 9.64 Å². The van der Waals surface area contributed by atoms with Crippen LogP contribution in [0.2, 0.25) is 0 Å². The number of likely N-dealkylation sites (N-methyl/N-ethyl adjacent to an activating group) is 1. The molecule has 0 N–H and O–H groups in total. The predicted octanol–water partition coefficient (Wildman–Crippen LogP) is 1.19. The lowest BCUT2D eigenvalue weighted by molar-refractivity contribution is -0.134. The molecule has 15 heavy (non-hydrogen) atoms. The normalized spacial score (nSPS) is 28.4. The van der Waals surface area contributed by atoms with Gasteiger partial charge in [0.25, 0.3) is 0 Å². The van der Waals surface area contributed by atoms with E-state index < -0.39 is 0 Å². The summed E-state index contributed by atoms with van der Waals surface area (Å²) in [6.45, 7) is 12.5. The summed E-state index contributed by atoms with van der Waals surface area (Å²) in [4.78, 5) is 5.06. The number of morpholine rings is 1. The van der Waals surface area contributed by atoms with Gasteiger partial charge in [0, 0.05) is 26.2 Å². The van der Waals surface area contributed by atoms with Gasteiger partial charge in [-0.2, -0.15) is 0 Å². The van der Waals surface area contributed by atoms with Crippen LogP contribution < -0.4 is 0 Å². The number of ether oxygens (including phenoxy) is 1. The van der Waals surface area contributed by atoms with Gasteiger partial charge in [0.05, 0.1) is 12.2 Å². The van der Waals surface area contributed by atoms with Gasteiger partial charge in [-0.1, -0.05) is 13.8 Å². The first-order valence-corrected chi connectivity index (χ1v) is 6.37. The summed E-state index contributed by atoms with van der Waals surface area (Å²) in [6, 6.07) is 0. The number of piperidine rings is 1. The molecule has 3 heteroatoms. The summed E-state index contributed by atoms with van der Waals surface area (Å²) >= 11 is 0. The Kier molecular flexibility index (Phi) is 3.65. The molecule has 0 aliphatic carbocycles. The van der Waals surface area contributed by atoms with Crippen molar-refractivity contribution >= 4 is 0 Å². The Morgan fingerprint density at radius 1 is 1.00 bits per heavy atom. The maximum absolute atomic E-state index is 6.06. The summed E-state index contributed by atoms with van der Waals surface area (Å²) in [5.41, 5.74) is 0.194. The van der Waals surface area contributed by atoms with Gasteiger partial charge >= 0.3 is 0 Å². The van der Waals surface area contributed by atoms with Crippen LogP contribution in [-0.2, 0) is 4.74 Å². The van der Waals surface area contributed by atoms with E-state index in [0.29, 0.717) is 0 Å². The minimum atomic E-state index is 0.194. The monoisotopic (exact) mass is 212 g/mol. The summed E-state index contributed by atoms with van der Waals surface area (Å²) < 4.78 is 6.06. The van der Waals surface area contributed by atoms with E-state index in [4.69, 9.17) is 4.74 Å². The average molecular weight is 212 g/mol. The third kappa shape index (κ3) is 2.52. The molecule has 0 atom stereocenters. The largest absolute Gasteiger partial charge is 0.372 e. The quantitative estimate of drug-likeness (QED) is 0.684. The summed E-state index contributed by atoms with van der Waals surface area (Å²) in [5, 5.41) is 0. The molecule has 0 aromatic rings. The second-order valence-corrected chi connectivity index (χ2v) is 4.83. The van der Waals surface area contributed by atoms with Crippen LogP contribution in [0.1, 0.15) is 26.7 Å². The van der Waals surface area contributed by atoms with E-state index in [1.807, 2.05) is 0 Å². The van der Waals surface area contributed by atoms with Crippen LogP contribution in [-0.4, -0.2) is 61.3 Å². The number of hydrogen-bond donors (Lipinski definition) is 0. The van der Waals surface area contributed by atoms with Gasteiger partial charge in [0.15, 0.2) is 0 Å². The van der Waals surface area contributed by atoms with Gasteiger partial charge in [0.1, 0.15) is 0 Å². The van der Waals surface area contributed by atoms with Crippen molar-refractivity contribution in [1.82, 2.24) is 9.80 Å². The van der Waals surface area contributed by atoms with Crippen molar-refractivity contribution in [2.45, 2.75) is 32.3 Å². The maximum atomic E-state index is 6.06. The van der Waals surface area contributed by atoms with Crippen molar-refractivity contribution in [2.75, 3.05) is 45.9 Å². The fraction of sp³-hybridized carbons (Fsp3) is 1.00. The third-order valence-corrected chi connectivity index (χ3v) is 3.99. The molecule has 1 spiro atoms. The van der Waals surface area contributed by atoms with Crippen molar-refractivity contribution in [2.24, 2.45) is 0 Å². The first-order valence-electron chi connectivity index (χ1n) is 6.37. The van der Waals surface area contributed by atoms with Gasteiger partial charge in [0.2, 0.25) is 0 Å². The Labute approximate surface area is 93.4 Å². The highest BCUT2D eigenvalue weighted by Crippen LogP contribution is 2.29. The molecule has 2 aliphatic heterocycles. The summed E-state index contributed by atoms with van der Waals surface area (Å²) in [5.74, 6) is 0. The van der Waals surface area contributed by atoms with Gasteiger partial charge in [-0.05, 0) is 25.9 Å². The minimum absolute atomic E-state index is 0.194. The zero-order valence-electron chi connectivity index (χ0n) is 10.2. The van der Waals surface area contributed by atoms with Crippen LogP contribution in [0.4, 0.5) is 0 Å². The molecule has 0 aromatic heterocycles. The lowest BCUT2D eigenvalue weighted by Crippen LogP contribution is -2.56. The van der Waals surface area contributed by atoms with Crippen LogP contribution >= 0.6 is 0 Å². The van der Waals surface area contributed by atoms with Crippen molar-refractivity contribution in [3.05, 3.63) is 0 Å². The highest BCUT2D eigenvalue weighted by Gasteiger charge is 2.38. The first-order chi connectivity index (χ1) is 7.28. The van der Waals surface area contributed by atoms with E-state index >= 15 is 0 Å². The molecular formula is C12H24N2O. The number of nitrogens with zero attached hydrogens (tertiary/aromatic N) is 2. The molecule has 2 fully saturated rings. The Balaban J connectivity index is 1.90. The lowest BCUT2D eigenvalue weighted by atomic mass is 9.89. The smallest absolute Gasteiger partial charge is 0.0833 e. The number of hydrogen-bond acceptors (Lipinski definition) is 3. The number of likely N-dealkylation sites (tertiary alicyclic amines) is 1. The molecule has 0 aromatic carbocycles. The Hall–Kier alpha value is -0.120. The summed E-state index contributed by atoms with van der Waals surface area (Å²) in [6.07, 6.45) is 2.44. The van der Waals surface area contributed by atoms with Crippen molar-refractivity contribution in [3.8, 4) is 0 Å². The molecule has 88 valence electrons. The van der Waals surface area contributed by atoms with Gasteiger partial charge in [-0.25, -0.2) is 0 Å². The van der Waals surface area contributed by atoms with E-state index in [2.05, 4.69) is 23.6 Å². The molecule has 0 unspecified atom stereocenters. The molecular weight excluding hydrogens is 188 g/mol. The zero-order chi connectivity index (χ0) is 10.7. The Bertz CT molecular complexity index is 200. The summed E-state index contributed by atoms with van der Waals surface area (Å²) in [7, 11) is 0. The predicted molar refractivity (Wildman–Crippen MR) is 62.1 cm³/mol. The maximum Gasteiger partial charge on any atom is 0.0833 e. The first kappa shape index (κ1) is 11.4.